The number of hydrogen-bond donors (Lipinski definition) is 0. The quantitative estimate of drug-likeness (QED) is 0.292. The Hall–Kier alpha value is -1.98. The minimum absolute atomic E-state index is 0.0335. The molecule has 2 aromatic heterocycles. The normalized spacial score (nSPS) is 18.1. The maximum atomic E-state index is 11.7. The molecule has 1 fully saturated rings. The summed E-state index contributed by atoms with van der Waals surface area (Å²) in [6.07, 6.45) is 3.95. The van der Waals surface area contributed by atoms with Crippen molar-refractivity contribution in [1.29, 1.82) is 0 Å². The Morgan fingerprint density at radius 1 is 1.09 bits per heavy atom. The second-order valence-corrected chi connectivity index (χ2v) is 12.2. The second kappa shape index (κ2) is 9.23. The van der Waals surface area contributed by atoms with Gasteiger partial charge in [0.25, 0.3) is 0 Å². The first-order valence-electron chi connectivity index (χ1n) is 11.3. The summed E-state index contributed by atoms with van der Waals surface area (Å²) in [7, 11) is 5.55. The fourth-order valence-corrected chi connectivity index (χ4v) is 6.22. The highest BCUT2D eigenvalue weighted by Gasteiger charge is 2.45. The standard InChI is InChI=1S/C25H32IN5O2S/c1-24(2)13-18(14-25(3,4)31(24)26)30(6)23-28-27-22(34-23)19-10-8-16(12-20(19)33-7)17-9-11-21(32)29(5)15-17/h8-12,15,18H,13-14H2,1-7H3. The number of ether oxygens (including phenoxy) is 1. The van der Waals surface area contributed by atoms with Gasteiger partial charge in [0.15, 0.2) is 5.01 Å². The zero-order valence-corrected chi connectivity index (χ0v) is 23.8. The maximum absolute atomic E-state index is 11.7. The first-order valence-corrected chi connectivity index (χ1v) is 13.1. The third-order valence-corrected chi connectivity index (χ3v) is 10.3. The molecule has 1 aromatic carbocycles. The average molecular weight is 594 g/mol. The molecule has 0 spiro atoms. The molecule has 182 valence electrons. The first kappa shape index (κ1) is 25.1. The Morgan fingerprint density at radius 3 is 2.35 bits per heavy atom. The molecule has 0 saturated carbocycles. The molecular weight excluding hydrogens is 561 g/mol. The van der Waals surface area contributed by atoms with Crippen molar-refractivity contribution in [3.8, 4) is 27.4 Å². The van der Waals surface area contributed by atoms with Crippen molar-refractivity contribution < 1.29 is 4.74 Å². The number of anilines is 1. The predicted molar refractivity (Wildman–Crippen MR) is 148 cm³/mol. The SMILES string of the molecule is COc1cc(-c2ccc(=O)n(C)c2)ccc1-c1nnc(N(C)C2CC(C)(C)N(I)C(C)(C)C2)s1. The van der Waals surface area contributed by atoms with Crippen LogP contribution in [-0.2, 0) is 7.05 Å². The van der Waals surface area contributed by atoms with Crippen molar-refractivity contribution >= 4 is 39.3 Å². The number of halogens is 1. The summed E-state index contributed by atoms with van der Waals surface area (Å²) >= 11 is 4.07. The van der Waals surface area contributed by atoms with Crippen LogP contribution in [0.5, 0.6) is 5.75 Å². The molecule has 0 radical (unpaired) electrons. The van der Waals surface area contributed by atoms with E-state index in [0.29, 0.717) is 6.04 Å². The van der Waals surface area contributed by atoms with Gasteiger partial charge in [-0.3, -0.25) is 4.79 Å². The minimum Gasteiger partial charge on any atom is -0.496 e. The van der Waals surface area contributed by atoms with Gasteiger partial charge >= 0.3 is 0 Å². The fraction of sp³-hybridized carbons (Fsp3) is 0.480. The van der Waals surface area contributed by atoms with Gasteiger partial charge in [0, 0.05) is 66.3 Å². The Morgan fingerprint density at radius 2 is 1.74 bits per heavy atom. The van der Waals surface area contributed by atoms with Crippen LogP contribution in [0.25, 0.3) is 21.7 Å². The van der Waals surface area contributed by atoms with E-state index in [1.165, 1.54) is 0 Å². The van der Waals surface area contributed by atoms with E-state index in [2.05, 4.69) is 75.8 Å². The van der Waals surface area contributed by atoms with Crippen LogP contribution in [0.3, 0.4) is 0 Å². The summed E-state index contributed by atoms with van der Waals surface area (Å²) in [5, 5.41) is 10.8. The Balaban J connectivity index is 1.61. The molecule has 1 aliphatic heterocycles. The largest absolute Gasteiger partial charge is 0.496 e. The number of hydrogen-bond acceptors (Lipinski definition) is 7. The molecular formula is C25H32IN5O2S. The third-order valence-electron chi connectivity index (χ3n) is 6.65. The minimum atomic E-state index is -0.0335. The molecule has 7 nitrogen and oxygen atoms in total. The Bertz CT molecular complexity index is 1230. The highest BCUT2D eigenvalue weighted by atomic mass is 127. The number of aryl methyl sites for hydroxylation is 1. The highest BCUT2D eigenvalue weighted by molar-refractivity contribution is 14.1. The van der Waals surface area contributed by atoms with Crippen molar-refractivity contribution in [3.05, 3.63) is 46.9 Å². The molecule has 0 atom stereocenters. The molecule has 34 heavy (non-hydrogen) atoms. The van der Waals surface area contributed by atoms with Crippen molar-refractivity contribution in [2.45, 2.75) is 57.7 Å². The summed E-state index contributed by atoms with van der Waals surface area (Å²) < 4.78 is 9.76. The van der Waals surface area contributed by atoms with E-state index < -0.39 is 0 Å². The van der Waals surface area contributed by atoms with Gasteiger partial charge in [-0.2, -0.15) is 0 Å². The molecule has 1 saturated heterocycles. The highest BCUT2D eigenvalue weighted by Crippen LogP contribution is 2.44. The molecule has 0 amide bonds. The maximum Gasteiger partial charge on any atom is 0.250 e. The number of methoxy groups -OCH3 is 1. The summed E-state index contributed by atoms with van der Waals surface area (Å²) in [4.78, 5) is 14.0. The number of rotatable bonds is 5. The van der Waals surface area contributed by atoms with Crippen molar-refractivity contribution in [3.63, 3.8) is 0 Å². The van der Waals surface area contributed by atoms with Gasteiger partial charge in [-0.25, -0.2) is 3.11 Å². The molecule has 3 heterocycles. The smallest absolute Gasteiger partial charge is 0.250 e. The molecule has 0 unspecified atom stereocenters. The monoisotopic (exact) mass is 593 g/mol. The van der Waals surface area contributed by atoms with Gasteiger partial charge in [0.1, 0.15) is 5.75 Å². The lowest BCUT2D eigenvalue weighted by Crippen LogP contribution is -2.59. The zero-order valence-electron chi connectivity index (χ0n) is 20.8. The van der Waals surface area contributed by atoms with Crippen LogP contribution in [0.15, 0.2) is 41.3 Å². The van der Waals surface area contributed by atoms with E-state index in [9.17, 15) is 4.79 Å². The average Bonchev–Trinajstić information content (AvgIpc) is 3.28. The van der Waals surface area contributed by atoms with Crippen molar-refractivity contribution in [1.82, 2.24) is 17.9 Å². The lowest BCUT2D eigenvalue weighted by atomic mass is 9.79. The topological polar surface area (TPSA) is 63.5 Å². The van der Waals surface area contributed by atoms with E-state index in [-0.39, 0.29) is 16.6 Å². The fourth-order valence-electron chi connectivity index (χ4n) is 4.91. The molecule has 3 aromatic rings. The van der Waals surface area contributed by atoms with Gasteiger partial charge in [0.05, 0.1) is 12.7 Å². The van der Waals surface area contributed by atoms with Gasteiger partial charge in [-0.05, 0) is 69.9 Å². The Labute approximate surface area is 219 Å². The molecule has 0 aliphatic carbocycles. The molecule has 0 bridgehead atoms. The summed E-state index contributed by atoms with van der Waals surface area (Å²) in [5.41, 5.74) is 3.00. The second-order valence-electron chi connectivity index (χ2n) is 10.3. The molecule has 4 rings (SSSR count). The van der Waals surface area contributed by atoms with E-state index in [0.717, 1.165) is 45.4 Å². The molecule has 0 N–H and O–H groups in total. The van der Waals surface area contributed by atoms with Gasteiger partial charge < -0.3 is 14.2 Å². The molecule has 1 aliphatic rings. The lowest BCUT2D eigenvalue weighted by Gasteiger charge is -2.53. The van der Waals surface area contributed by atoms with E-state index >= 15 is 0 Å². The number of aromatic nitrogens is 3. The van der Waals surface area contributed by atoms with Crippen LogP contribution in [-0.4, -0.2) is 49.2 Å². The number of pyridine rings is 1. The van der Waals surface area contributed by atoms with Crippen molar-refractivity contribution in [2.24, 2.45) is 7.05 Å². The predicted octanol–water partition coefficient (Wildman–Crippen LogP) is 5.39. The van der Waals surface area contributed by atoms with Crippen LogP contribution in [0.2, 0.25) is 0 Å². The Kier molecular flexibility index (Phi) is 6.82. The van der Waals surface area contributed by atoms with Crippen LogP contribution >= 0.6 is 34.2 Å². The van der Waals surface area contributed by atoms with E-state index in [1.54, 1.807) is 36.1 Å². The lowest BCUT2D eigenvalue weighted by molar-refractivity contribution is 0.0724. The van der Waals surface area contributed by atoms with Crippen LogP contribution in [0, 0.1) is 0 Å². The van der Waals surface area contributed by atoms with Crippen LogP contribution in [0.4, 0.5) is 5.13 Å². The number of benzene rings is 1. The van der Waals surface area contributed by atoms with Gasteiger partial charge in [-0.1, -0.05) is 17.4 Å². The van der Waals surface area contributed by atoms with E-state index in [4.69, 9.17) is 4.74 Å². The summed E-state index contributed by atoms with van der Waals surface area (Å²) in [6, 6.07) is 9.83. The van der Waals surface area contributed by atoms with Gasteiger partial charge in [0.2, 0.25) is 10.7 Å². The first-order chi connectivity index (χ1) is 15.9. The van der Waals surface area contributed by atoms with E-state index in [1.807, 2.05) is 30.5 Å². The number of piperidine rings is 1. The van der Waals surface area contributed by atoms with Crippen LogP contribution < -0.4 is 15.2 Å². The van der Waals surface area contributed by atoms with Crippen molar-refractivity contribution in [2.75, 3.05) is 19.1 Å². The van der Waals surface area contributed by atoms with Gasteiger partial charge in [-0.15, -0.1) is 10.2 Å². The summed E-state index contributed by atoms with van der Waals surface area (Å²) in [5.74, 6) is 0.734. The third kappa shape index (κ3) is 4.74. The number of nitrogens with zero attached hydrogens (tertiary/aromatic N) is 5. The zero-order chi connectivity index (χ0) is 24.8. The summed E-state index contributed by atoms with van der Waals surface area (Å²) in [6.45, 7) is 9.24. The van der Waals surface area contributed by atoms with Crippen LogP contribution in [0.1, 0.15) is 40.5 Å². The molecule has 9 heteroatoms.